The fraction of sp³-hybridized carbons (Fsp3) is 0.462. The average Bonchev–Trinajstić information content (AvgIpc) is 3.02. The molecule has 2 aromatic heterocycles. The summed E-state index contributed by atoms with van der Waals surface area (Å²) < 4.78 is 1.73. The Kier molecular flexibility index (Phi) is 2.83. The molecule has 94 valence electrons. The van der Waals surface area contributed by atoms with Crippen LogP contribution in [-0.2, 0) is 12.1 Å². The van der Waals surface area contributed by atoms with Crippen LogP contribution in [0.5, 0.6) is 0 Å². The molecular weight excluding hydrogens is 228 g/mol. The van der Waals surface area contributed by atoms with E-state index in [1.165, 1.54) is 0 Å². The molecule has 0 aliphatic heterocycles. The van der Waals surface area contributed by atoms with Gasteiger partial charge in [0.1, 0.15) is 5.60 Å². The lowest BCUT2D eigenvalue weighted by atomic mass is 9.97. The number of aliphatic hydroxyl groups is 1. The van der Waals surface area contributed by atoms with Crippen LogP contribution in [0, 0.1) is 0 Å². The highest BCUT2D eigenvalue weighted by Gasteiger charge is 2.34. The minimum atomic E-state index is -0.724. The molecule has 18 heavy (non-hydrogen) atoms. The second-order valence-electron chi connectivity index (χ2n) is 4.85. The van der Waals surface area contributed by atoms with E-state index in [1.807, 2.05) is 18.2 Å². The highest BCUT2D eigenvalue weighted by atomic mass is 16.3. The van der Waals surface area contributed by atoms with E-state index in [1.54, 1.807) is 17.1 Å². The molecule has 1 aliphatic carbocycles. The van der Waals surface area contributed by atoms with Gasteiger partial charge in [-0.3, -0.25) is 4.98 Å². The Hall–Kier alpha value is -1.75. The summed E-state index contributed by atoms with van der Waals surface area (Å²) in [5, 5.41) is 18.2. The fourth-order valence-corrected chi connectivity index (χ4v) is 2.53. The first-order chi connectivity index (χ1) is 8.76. The minimum absolute atomic E-state index is 0.587. The third kappa shape index (κ3) is 2.13. The first-order valence-corrected chi connectivity index (χ1v) is 6.29. The number of aromatic nitrogens is 4. The molecule has 0 atom stereocenters. The van der Waals surface area contributed by atoms with Crippen LogP contribution in [0.4, 0.5) is 0 Å². The van der Waals surface area contributed by atoms with Gasteiger partial charge >= 0.3 is 0 Å². The van der Waals surface area contributed by atoms with Crippen molar-refractivity contribution in [2.45, 2.75) is 37.8 Å². The van der Waals surface area contributed by atoms with Gasteiger partial charge in [0.25, 0.3) is 0 Å². The van der Waals surface area contributed by atoms with E-state index < -0.39 is 5.60 Å². The molecule has 1 fully saturated rings. The molecule has 0 spiro atoms. The monoisotopic (exact) mass is 244 g/mol. The van der Waals surface area contributed by atoms with Crippen LogP contribution < -0.4 is 0 Å². The number of hydrogen-bond donors (Lipinski definition) is 1. The normalized spacial score (nSPS) is 18.1. The van der Waals surface area contributed by atoms with Crippen LogP contribution in [0.3, 0.4) is 0 Å². The van der Waals surface area contributed by atoms with E-state index in [4.69, 9.17) is 0 Å². The SMILES string of the molecule is OC1(c2cccc(Cn3ccnn3)n2)CCCC1. The maximum atomic E-state index is 10.5. The van der Waals surface area contributed by atoms with Crippen molar-refractivity contribution in [3.05, 3.63) is 42.0 Å². The van der Waals surface area contributed by atoms with E-state index in [0.29, 0.717) is 6.54 Å². The second-order valence-corrected chi connectivity index (χ2v) is 4.85. The summed E-state index contributed by atoms with van der Waals surface area (Å²) >= 11 is 0. The molecule has 0 unspecified atom stereocenters. The molecule has 1 aliphatic rings. The Morgan fingerprint density at radius 2 is 2.11 bits per heavy atom. The highest BCUT2D eigenvalue weighted by molar-refractivity contribution is 5.18. The van der Waals surface area contributed by atoms with E-state index in [0.717, 1.165) is 37.1 Å². The van der Waals surface area contributed by atoms with Crippen molar-refractivity contribution in [1.82, 2.24) is 20.0 Å². The zero-order valence-electron chi connectivity index (χ0n) is 10.2. The number of pyridine rings is 1. The summed E-state index contributed by atoms with van der Waals surface area (Å²) in [6.45, 7) is 0.587. The summed E-state index contributed by atoms with van der Waals surface area (Å²) in [7, 11) is 0. The van der Waals surface area contributed by atoms with Gasteiger partial charge in [-0.15, -0.1) is 5.10 Å². The van der Waals surface area contributed by atoms with Gasteiger partial charge in [0, 0.05) is 6.20 Å². The molecule has 3 rings (SSSR count). The number of hydrogen-bond acceptors (Lipinski definition) is 4. The third-order valence-corrected chi connectivity index (χ3v) is 3.51. The van der Waals surface area contributed by atoms with Crippen LogP contribution in [0.15, 0.2) is 30.6 Å². The lowest BCUT2D eigenvalue weighted by Gasteiger charge is -2.21. The molecule has 1 saturated carbocycles. The lowest BCUT2D eigenvalue weighted by Crippen LogP contribution is -2.23. The maximum absolute atomic E-state index is 10.5. The number of rotatable bonds is 3. The van der Waals surface area contributed by atoms with Crippen LogP contribution >= 0.6 is 0 Å². The molecular formula is C13H16N4O. The van der Waals surface area contributed by atoms with Crippen molar-refractivity contribution in [2.24, 2.45) is 0 Å². The standard InChI is InChI=1S/C13H16N4O/c18-13(6-1-2-7-13)12-5-3-4-11(15-12)10-17-9-8-14-16-17/h3-5,8-9,18H,1-2,6-7,10H2. The van der Waals surface area contributed by atoms with Gasteiger partial charge in [-0.25, -0.2) is 4.68 Å². The van der Waals surface area contributed by atoms with E-state index in [2.05, 4.69) is 15.3 Å². The van der Waals surface area contributed by atoms with Crippen molar-refractivity contribution in [1.29, 1.82) is 0 Å². The zero-order valence-corrected chi connectivity index (χ0v) is 10.2. The van der Waals surface area contributed by atoms with Gasteiger partial charge in [-0.05, 0) is 25.0 Å². The third-order valence-electron chi connectivity index (χ3n) is 3.51. The molecule has 0 saturated heterocycles. The zero-order chi connectivity index (χ0) is 12.4. The Bertz CT molecular complexity index is 518. The fourth-order valence-electron chi connectivity index (χ4n) is 2.53. The Morgan fingerprint density at radius 3 is 2.83 bits per heavy atom. The molecule has 2 heterocycles. The second kappa shape index (κ2) is 4.49. The largest absolute Gasteiger partial charge is 0.384 e. The predicted octanol–water partition coefficient (Wildman–Crippen LogP) is 1.48. The van der Waals surface area contributed by atoms with Crippen LogP contribution in [0.25, 0.3) is 0 Å². The van der Waals surface area contributed by atoms with Crippen molar-refractivity contribution in [3.8, 4) is 0 Å². The van der Waals surface area contributed by atoms with Gasteiger partial charge in [0.15, 0.2) is 0 Å². The average molecular weight is 244 g/mol. The Labute approximate surface area is 105 Å². The first-order valence-electron chi connectivity index (χ1n) is 6.29. The van der Waals surface area contributed by atoms with Crippen molar-refractivity contribution in [2.75, 3.05) is 0 Å². The molecule has 0 radical (unpaired) electrons. The molecule has 5 heteroatoms. The summed E-state index contributed by atoms with van der Waals surface area (Å²) in [5.41, 5.74) is 0.967. The molecule has 5 nitrogen and oxygen atoms in total. The van der Waals surface area contributed by atoms with E-state index in [9.17, 15) is 5.11 Å². The van der Waals surface area contributed by atoms with E-state index in [-0.39, 0.29) is 0 Å². The van der Waals surface area contributed by atoms with Gasteiger partial charge < -0.3 is 5.11 Å². The molecule has 0 aromatic carbocycles. The van der Waals surface area contributed by atoms with Crippen molar-refractivity contribution >= 4 is 0 Å². The minimum Gasteiger partial charge on any atom is -0.384 e. The number of nitrogens with zero attached hydrogens (tertiary/aromatic N) is 4. The molecule has 0 bridgehead atoms. The first kappa shape index (κ1) is 11.3. The topological polar surface area (TPSA) is 63.8 Å². The summed E-state index contributed by atoms with van der Waals surface area (Å²) in [6.07, 6.45) is 7.23. The molecule has 1 N–H and O–H groups in total. The quantitative estimate of drug-likeness (QED) is 0.888. The van der Waals surface area contributed by atoms with Crippen molar-refractivity contribution in [3.63, 3.8) is 0 Å². The smallest absolute Gasteiger partial charge is 0.106 e. The highest BCUT2D eigenvalue weighted by Crippen LogP contribution is 2.37. The van der Waals surface area contributed by atoms with Crippen LogP contribution in [0.1, 0.15) is 37.1 Å². The maximum Gasteiger partial charge on any atom is 0.106 e. The van der Waals surface area contributed by atoms with Crippen LogP contribution in [0.2, 0.25) is 0 Å². The Morgan fingerprint density at radius 1 is 1.28 bits per heavy atom. The van der Waals surface area contributed by atoms with Gasteiger partial charge in [-0.1, -0.05) is 24.1 Å². The molecule has 2 aromatic rings. The van der Waals surface area contributed by atoms with Crippen LogP contribution in [-0.4, -0.2) is 25.1 Å². The Balaban J connectivity index is 1.85. The van der Waals surface area contributed by atoms with Crippen molar-refractivity contribution < 1.29 is 5.11 Å². The van der Waals surface area contributed by atoms with Gasteiger partial charge in [0.05, 0.1) is 24.1 Å². The molecule has 0 amide bonds. The summed E-state index contributed by atoms with van der Waals surface area (Å²) in [4.78, 5) is 4.56. The summed E-state index contributed by atoms with van der Waals surface area (Å²) in [5.74, 6) is 0. The predicted molar refractivity (Wildman–Crippen MR) is 65.7 cm³/mol. The summed E-state index contributed by atoms with van der Waals surface area (Å²) in [6, 6.07) is 5.81. The van der Waals surface area contributed by atoms with Gasteiger partial charge in [0.2, 0.25) is 0 Å². The van der Waals surface area contributed by atoms with Gasteiger partial charge in [-0.2, -0.15) is 0 Å². The lowest BCUT2D eigenvalue weighted by molar-refractivity contribution is 0.0397. The van der Waals surface area contributed by atoms with E-state index >= 15 is 0 Å².